The van der Waals surface area contributed by atoms with Gasteiger partial charge in [-0.2, -0.15) is 0 Å². The number of phenolic OH excluding ortho intramolecular Hbond substituents is 2. The van der Waals surface area contributed by atoms with Crippen molar-refractivity contribution in [2.24, 2.45) is 17.6 Å². The second-order valence-corrected chi connectivity index (χ2v) is 26.0. The van der Waals surface area contributed by atoms with Gasteiger partial charge in [-0.05, 0) is 106 Å². The number of aliphatic hydroxyl groups excluding tert-OH is 1. The number of aliphatic hydroxyl groups is 1. The third-order valence-electron chi connectivity index (χ3n) is 16.9. The van der Waals surface area contributed by atoms with Crippen molar-refractivity contribution in [2.75, 3.05) is 25.0 Å². The number of Topliss-reactive ketones (excluding diaryl/α,β-unsaturated/α-hetero) is 1. The smallest absolute Gasteiger partial charge is 0.340 e. The molecule has 0 saturated carbocycles. The van der Waals surface area contributed by atoms with Gasteiger partial charge in [-0.15, -0.1) is 0 Å². The Morgan fingerprint density at radius 3 is 1.59 bits per heavy atom. The number of hydrogen-bond donors (Lipinski definition) is 19. The number of carbonyl (C=O) groups is 16. The van der Waals surface area contributed by atoms with Crippen LogP contribution < -0.4 is 69.0 Å². The highest BCUT2D eigenvalue weighted by molar-refractivity contribution is 7.80. The maximum absolute atomic E-state index is 14.6. The monoisotopic (exact) mass is 1490 g/mol. The molecule has 20 N–H and O–H groups in total. The Bertz CT molecular complexity index is 3820. The molecule has 3 aliphatic heterocycles. The van der Waals surface area contributed by atoms with Crippen LogP contribution in [0.2, 0.25) is 0 Å². The van der Waals surface area contributed by atoms with Crippen molar-refractivity contribution in [3.8, 4) is 23.0 Å². The van der Waals surface area contributed by atoms with Crippen molar-refractivity contribution < 1.29 is 122 Å². The number of hydrogen-bond acceptors (Lipinski definition) is 22. The number of thiocarbonyl (C=S) groups is 1. The number of amides is 10. The van der Waals surface area contributed by atoms with E-state index in [0.717, 1.165) is 6.92 Å². The van der Waals surface area contributed by atoms with Crippen molar-refractivity contribution in [3.05, 3.63) is 76.9 Å². The molecule has 38 heteroatoms. The summed E-state index contributed by atoms with van der Waals surface area (Å²) >= 11 is 5.56. The molecule has 0 unspecified atom stereocenters. The minimum Gasteiger partial charge on any atom is -0.508 e. The summed E-state index contributed by atoms with van der Waals surface area (Å²) in [6, 6.07) is 0.256. The Morgan fingerprint density at radius 1 is 0.562 bits per heavy atom. The maximum atomic E-state index is 14.6. The molecule has 6 rings (SSSR count). The number of rotatable bonds is 23. The van der Waals surface area contributed by atoms with Crippen molar-refractivity contribution in [1.82, 2.24) is 53.2 Å². The van der Waals surface area contributed by atoms with Crippen LogP contribution in [0, 0.1) is 11.8 Å². The standard InChI is InChI=1S/C67H84N12O25S/c1-31(2)24-46-62(99)78-47(29-55(92)93)63(100)76-44(15-19-53(88)89)60(97)75-45(16-20-54(90)91)61(98)79-56(32(3)80)64(101)71-30-51(85)73-43(14-18-52(86)87)59(96)74-42(13-17-50(68)84)58(95)69-22-5-4-6-33(57(94)77-46)25-37(83)21-23-70-66(105)72-34-7-10-39-38(26-34)65(102)104-67(39)40-11-8-35(81)27-48(40)103-49-28-36(82)9-12-41(49)67/h7-12,26-28,31-33,42-47,56,80-82H,4-6,13-25,29-30H2,1-3H3,(H2,68,84)(H,69,95)(H,71,101)(H,73,85)(H,74,96)(H,75,97)(H,76,100)(H,77,94)(H,78,99)(H,79,98)(H,86,87)(H,88,89)(H,90,91)(H,92,93)(H2,70,72,105)/t32-,33+,42+,43+,44+,45+,46+,47+,56+/m1/s1. The molecule has 3 aliphatic rings. The molecule has 3 aromatic carbocycles. The first kappa shape index (κ1) is 82.4. The van der Waals surface area contributed by atoms with Gasteiger partial charge in [-0.1, -0.05) is 26.3 Å². The SMILES string of the molecule is CC(C)C[C@@H]1NC(=O)[C@H](CC(=O)CCNC(=S)Nc2ccc3c(c2)C(=O)OC32c3ccc(O)cc3Oc3cc(O)ccc32)CCCCNC(=O)[C@H](CCC(N)=O)NC(=O)[C@H](CCC(=O)O)NC(=O)CNC(=O)[C@H]([C@@H](C)O)NC(=O)[C@H](CCC(=O)O)NC(=O)[C@H](CCC(=O)O)NC(=O)[C@H](CC(=O)O)NC1=O. The van der Waals surface area contributed by atoms with Gasteiger partial charge in [0.2, 0.25) is 59.1 Å². The Balaban J connectivity index is 1.27. The molecule has 37 nitrogen and oxygen atoms in total. The number of carbonyl (C=O) groups excluding carboxylic acids is 12. The molecule has 1 spiro atoms. The predicted molar refractivity (Wildman–Crippen MR) is 366 cm³/mol. The lowest BCUT2D eigenvalue weighted by Crippen LogP contribution is -2.61. The highest BCUT2D eigenvalue weighted by Gasteiger charge is 2.54. The quantitative estimate of drug-likeness (QED) is 0.0379. The summed E-state index contributed by atoms with van der Waals surface area (Å²) in [7, 11) is 0. The Labute approximate surface area is 604 Å². The summed E-state index contributed by atoms with van der Waals surface area (Å²) in [6.45, 7) is 2.90. The van der Waals surface area contributed by atoms with Gasteiger partial charge >= 0.3 is 29.8 Å². The van der Waals surface area contributed by atoms with Gasteiger partial charge in [0, 0.05) is 92.0 Å². The lowest BCUT2D eigenvalue weighted by atomic mass is 9.77. The molecule has 0 bridgehead atoms. The molecule has 0 aromatic heterocycles. The average molecular weight is 1490 g/mol. The normalized spacial score (nSPS) is 21.8. The largest absolute Gasteiger partial charge is 0.508 e. The maximum Gasteiger partial charge on any atom is 0.340 e. The topological polar surface area (TPSA) is 592 Å². The molecule has 0 radical (unpaired) electrons. The predicted octanol–water partition coefficient (Wildman–Crippen LogP) is -1.51. The third kappa shape index (κ3) is 24.0. The fourth-order valence-electron chi connectivity index (χ4n) is 11.6. The summed E-state index contributed by atoms with van der Waals surface area (Å²) in [5.74, 6) is -20.8. The summed E-state index contributed by atoms with van der Waals surface area (Å²) in [6.07, 6.45) is -9.63. The molecular weight excluding hydrogens is 1400 g/mol. The molecule has 10 amide bonds. The summed E-state index contributed by atoms with van der Waals surface area (Å²) < 4.78 is 12.2. The van der Waals surface area contributed by atoms with Gasteiger partial charge in [0.1, 0.15) is 71.1 Å². The van der Waals surface area contributed by atoms with Crippen molar-refractivity contribution in [2.45, 2.75) is 171 Å². The highest BCUT2D eigenvalue weighted by Crippen LogP contribution is 2.57. The van der Waals surface area contributed by atoms with E-state index in [9.17, 15) is 112 Å². The minimum absolute atomic E-state index is 0.0222. The van der Waals surface area contributed by atoms with Crippen LogP contribution in [0.5, 0.6) is 23.0 Å². The fourth-order valence-corrected chi connectivity index (χ4v) is 11.9. The van der Waals surface area contributed by atoms with E-state index in [1.807, 2.05) is 0 Å². The van der Waals surface area contributed by atoms with Crippen LogP contribution in [0.1, 0.15) is 144 Å². The van der Waals surface area contributed by atoms with E-state index in [1.165, 1.54) is 30.3 Å². The molecule has 3 aromatic rings. The van der Waals surface area contributed by atoms with E-state index in [0.29, 0.717) is 22.4 Å². The number of nitrogens with two attached hydrogens (primary N) is 1. The molecule has 9 atom stereocenters. The molecule has 568 valence electrons. The van der Waals surface area contributed by atoms with Crippen LogP contribution in [0.4, 0.5) is 5.69 Å². The third-order valence-corrected chi connectivity index (χ3v) is 17.1. The van der Waals surface area contributed by atoms with Crippen LogP contribution in [-0.4, -0.2) is 204 Å². The van der Waals surface area contributed by atoms with Crippen LogP contribution in [0.3, 0.4) is 0 Å². The summed E-state index contributed by atoms with van der Waals surface area (Å²) in [4.78, 5) is 213. The number of ether oxygens (including phenoxy) is 2. The molecule has 1 fully saturated rings. The number of phenols is 2. The van der Waals surface area contributed by atoms with Gasteiger partial charge in [0.15, 0.2) is 10.7 Å². The number of esters is 1. The van der Waals surface area contributed by atoms with E-state index < -0.39 is 231 Å². The number of anilines is 1. The van der Waals surface area contributed by atoms with Crippen LogP contribution in [0.15, 0.2) is 54.6 Å². The van der Waals surface area contributed by atoms with E-state index >= 15 is 0 Å². The Kier molecular flexibility index (Phi) is 29.9. The second kappa shape index (κ2) is 38.1. The number of fused-ring (bicyclic) bond motifs is 6. The van der Waals surface area contributed by atoms with Crippen LogP contribution in [-0.2, 0) is 82.3 Å². The fraction of sp³-hybridized carbons (Fsp3) is 0.478. The summed E-state index contributed by atoms with van der Waals surface area (Å²) in [5, 5.41) is 96.3. The second-order valence-electron chi connectivity index (χ2n) is 25.6. The van der Waals surface area contributed by atoms with Gasteiger partial charge in [-0.3, -0.25) is 71.9 Å². The average Bonchev–Trinajstić information content (AvgIpc) is 1.59. The number of aromatic hydroxyl groups is 2. The molecular formula is C67H84N12O25S. The number of primary amides is 1. The van der Waals surface area contributed by atoms with Gasteiger partial charge < -0.3 is 109 Å². The van der Waals surface area contributed by atoms with Crippen molar-refractivity contribution in [3.63, 3.8) is 0 Å². The van der Waals surface area contributed by atoms with Gasteiger partial charge in [0.05, 0.1) is 24.6 Å². The number of aliphatic carboxylic acids is 4. The zero-order valence-electron chi connectivity index (χ0n) is 57.2. The van der Waals surface area contributed by atoms with Crippen molar-refractivity contribution in [1.29, 1.82) is 0 Å². The zero-order chi connectivity index (χ0) is 77.6. The molecule has 1 saturated heterocycles. The first-order valence-corrected chi connectivity index (χ1v) is 33.8. The van der Waals surface area contributed by atoms with Crippen LogP contribution >= 0.6 is 12.2 Å². The zero-order valence-corrected chi connectivity index (χ0v) is 58.0. The van der Waals surface area contributed by atoms with Gasteiger partial charge in [-0.25, -0.2) is 4.79 Å². The van der Waals surface area contributed by atoms with E-state index in [4.69, 9.17) is 27.4 Å². The van der Waals surface area contributed by atoms with Gasteiger partial charge in [0.25, 0.3) is 0 Å². The molecule has 0 aliphatic carbocycles. The van der Waals surface area contributed by atoms with E-state index in [1.54, 1.807) is 38.1 Å². The number of ketones is 1. The molecule has 105 heavy (non-hydrogen) atoms. The van der Waals surface area contributed by atoms with E-state index in [2.05, 4.69) is 58.5 Å². The lowest BCUT2D eigenvalue weighted by Gasteiger charge is -2.36. The lowest BCUT2D eigenvalue weighted by molar-refractivity contribution is -0.142. The van der Waals surface area contributed by atoms with E-state index in [-0.39, 0.29) is 78.9 Å². The Hall–Kier alpha value is -11.6. The summed E-state index contributed by atoms with van der Waals surface area (Å²) in [5.41, 5.74) is 5.41. The highest BCUT2D eigenvalue weighted by atomic mass is 32.1. The Morgan fingerprint density at radius 2 is 1.06 bits per heavy atom. The minimum atomic E-state index is -2.10. The molecule has 3 heterocycles. The number of carboxylic acid groups (broad SMARTS) is 4. The number of benzene rings is 3. The first-order chi connectivity index (χ1) is 49.5. The number of carboxylic acids is 4. The van der Waals surface area contributed by atoms with Crippen molar-refractivity contribution >= 4 is 118 Å². The number of nitrogens with one attached hydrogen (secondary N) is 11. The first-order valence-electron chi connectivity index (χ1n) is 33.3. The van der Waals surface area contributed by atoms with Crippen LogP contribution in [0.25, 0.3) is 0 Å².